The number of ketones is 1. The fourth-order valence-corrected chi connectivity index (χ4v) is 5.19. The number of aliphatic hydroxyl groups excluding tert-OH is 2. The number of nitro benzene ring substituents is 1. The number of aromatic nitrogens is 1. The number of thiazole rings is 1. The second-order valence-corrected chi connectivity index (χ2v) is 10.6. The maximum atomic E-state index is 13.4. The summed E-state index contributed by atoms with van der Waals surface area (Å²) in [5.41, 5.74) is 2.65. The van der Waals surface area contributed by atoms with Gasteiger partial charge in [-0.25, -0.2) is 9.78 Å². The van der Waals surface area contributed by atoms with Crippen molar-refractivity contribution in [3.8, 4) is 16.9 Å². The summed E-state index contributed by atoms with van der Waals surface area (Å²) in [6.07, 6.45) is 3.11. The van der Waals surface area contributed by atoms with E-state index in [2.05, 4.69) is 4.98 Å². The van der Waals surface area contributed by atoms with Gasteiger partial charge in [0.2, 0.25) is 0 Å². The molecule has 0 unspecified atom stereocenters. The number of fused-ring (bicyclic) bond motifs is 1. The van der Waals surface area contributed by atoms with E-state index in [0.717, 1.165) is 11.1 Å². The van der Waals surface area contributed by atoms with Gasteiger partial charge in [0.05, 0.1) is 18.1 Å². The van der Waals surface area contributed by atoms with E-state index in [4.69, 9.17) is 9.15 Å². The van der Waals surface area contributed by atoms with E-state index >= 15 is 0 Å². The van der Waals surface area contributed by atoms with Crippen LogP contribution in [0.3, 0.4) is 0 Å². The van der Waals surface area contributed by atoms with E-state index < -0.39 is 16.3 Å². The molecule has 0 aliphatic carbocycles. The number of carbonyl (C=O) groups excluding carboxylic acids is 1. The molecule has 224 valence electrons. The minimum Gasteiger partial charge on any atom is -0.453 e. The third-order valence-corrected chi connectivity index (χ3v) is 7.50. The van der Waals surface area contributed by atoms with Crippen LogP contribution in [0.25, 0.3) is 28.2 Å². The molecule has 0 fully saturated rings. The van der Waals surface area contributed by atoms with Crippen molar-refractivity contribution in [3.05, 3.63) is 127 Å². The lowest BCUT2D eigenvalue weighted by atomic mass is 10.0. The zero-order valence-electron chi connectivity index (χ0n) is 23.3. The molecule has 5 aromatic rings. The predicted octanol–water partition coefficient (Wildman–Crippen LogP) is 4.91. The molecule has 11 nitrogen and oxygen atoms in total. The second-order valence-electron chi connectivity index (χ2n) is 9.68. The molecule has 12 heteroatoms. The molecule has 0 aliphatic heterocycles. The highest BCUT2D eigenvalue weighted by Crippen LogP contribution is 2.28. The normalized spacial score (nSPS) is 11.7. The molecule has 2 N–H and O–H groups in total. The summed E-state index contributed by atoms with van der Waals surface area (Å²) >= 11 is 1.17. The highest BCUT2D eigenvalue weighted by Gasteiger charge is 2.19. The van der Waals surface area contributed by atoms with Crippen molar-refractivity contribution in [2.24, 2.45) is 0 Å². The van der Waals surface area contributed by atoms with Gasteiger partial charge in [0.25, 0.3) is 11.5 Å². The van der Waals surface area contributed by atoms with Crippen LogP contribution >= 0.6 is 11.3 Å². The van der Waals surface area contributed by atoms with Crippen LogP contribution in [-0.4, -0.2) is 57.1 Å². The second kappa shape index (κ2) is 14.0. The van der Waals surface area contributed by atoms with Crippen LogP contribution in [0.2, 0.25) is 0 Å². The van der Waals surface area contributed by atoms with Crippen molar-refractivity contribution in [1.82, 2.24) is 9.88 Å². The first-order valence-corrected chi connectivity index (χ1v) is 14.4. The van der Waals surface area contributed by atoms with Gasteiger partial charge in [-0.1, -0.05) is 24.3 Å². The first-order valence-electron chi connectivity index (χ1n) is 13.5. The smallest absolute Gasteiger partial charge is 0.336 e. The third-order valence-electron chi connectivity index (χ3n) is 6.73. The molecule has 0 radical (unpaired) electrons. The summed E-state index contributed by atoms with van der Waals surface area (Å²) < 4.78 is 11.5. The Morgan fingerprint density at radius 2 is 1.68 bits per heavy atom. The zero-order chi connectivity index (χ0) is 31.1. The van der Waals surface area contributed by atoms with Crippen molar-refractivity contribution < 1.29 is 29.1 Å². The fourth-order valence-electron chi connectivity index (χ4n) is 4.61. The van der Waals surface area contributed by atoms with Crippen LogP contribution in [0.15, 0.2) is 99.3 Å². The first-order chi connectivity index (χ1) is 21.3. The van der Waals surface area contributed by atoms with E-state index in [0.29, 0.717) is 36.1 Å². The molecule has 44 heavy (non-hydrogen) atoms. The summed E-state index contributed by atoms with van der Waals surface area (Å²) in [4.78, 5) is 42.2. The van der Waals surface area contributed by atoms with E-state index in [-0.39, 0.29) is 41.0 Å². The van der Waals surface area contributed by atoms with Crippen LogP contribution in [0.5, 0.6) is 5.75 Å². The number of aliphatic hydroxyl groups is 2. The predicted molar refractivity (Wildman–Crippen MR) is 166 cm³/mol. The maximum Gasteiger partial charge on any atom is 0.336 e. The molecular weight excluding hydrogens is 586 g/mol. The van der Waals surface area contributed by atoms with Crippen LogP contribution < -0.4 is 10.4 Å². The zero-order valence-corrected chi connectivity index (χ0v) is 24.1. The monoisotopic (exact) mass is 613 g/mol. The lowest BCUT2D eigenvalue weighted by molar-refractivity contribution is -0.384. The Kier molecular flexibility index (Phi) is 9.67. The topological polar surface area (TPSA) is 156 Å². The minimum atomic E-state index is -0.569. The molecule has 0 saturated heterocycles. The molecule has 0 aliphatic rings. The Morgan fingerprint density at radius 3 is 2.30 bits per heavy atom. The number of carbonyl (C=O) groups is 1. The summed E-state index contributed by atoms with van der Waals surface area (Å²) in [6.45, 7) is 0.766. The molecule has 2 heterocycles. The lowest BCUT2D eigenvalue weighted by Crippen LogP contribution is -2.29. The summed E-state index contributed by atoms with van der Waals surface area (Å²) in [5, 5.41) is 32.3. The largest absolute Gasteiger partial charge is 0.453 e. The number of nitro groups is 1. The van der Waals surface area contributed by atoms with Crippen LogP contribution in [0, 0.1) is 10.1 Å². The van der Waals surface area contributed by atoms with E-state index in [1.54, 1.807) is 47.9 Å². The van der Waals surface area contributed by atoms with Crippen LogP contribution in [-0.2, 0) is 6.54 Å². The van der Waals surface area contributed by atoms with Crippen molar-refractivity contribution in [2.75, 3.05) is 26.3 Å². The Balaban J connectivity index is 1.45. The summed E-state index contributed by atoms with van der Waals surface area (Å²) in [7, 11) is 0. The molecular formula is C32H27N3O8S. The molecule has 0 atom stereocenters. The number of rotatable bonds is 13. The molecule has 5 rings (SSSR count). The minimum absolute atomic E-state index is 0.00189. The van der Waals surface area contributed by atoms with E-state index in [1.165, 1.54) is 41.8 Å². The Morgan fingerprint density at radius 1 is 1.00 bits per heavy atom. The molecule has 0 saturated carbocycles. The van der Waals surface area contributed by atoms with E-state index in [9.17, 15) is 29.9 Å². The van der Waals surface area contributed by atoms with Gasteiger partial charge in [-0.15, -0.1) is 11.3 Å². The number of allylic oxidation sites excluding steroid dienone is 1. The van der Waals surface area contributed by atoms with Gasteiger partial charge in [-0.3, -0.25) is 19.8 Å². The molecule has 0 bridgehead atoms. The van der Waals surface area contributed by atoms with Crippen molar-refractivity contribution in [2.45, 2.75) is 6.54 Å². The fraction of sp³-hybridized carbons (Fsp3) is 0.156. The highest BCUT2D eigenvalue weighted by atomic mass is 32.1. The molecule has 3 aromatic carbocycles. The number of benzene rings is 3. The summed E-state index contributed by atoms with van der Waals surface area (Å²) in [5.74, 6) is -0.171. The average Bonchev–Trinajstić information content (AvgIpc) is 3.56. The van der Waals surface area contributed by atoms with Crippen molar-refractivity contribution in [3.63, 3.8) is 0 Å². The van der Waals surface area contributed by atoms with Gasteiger partial charge in [-0.2, -0.15) is 0 Å². The number of hydrogen-bond acceptors (Lipinski definition) is 11. The third kappa shape index (κ3) is 7.30. The lowest BCUT2D eigenvalue weighted by Gasteiger charge is -2.20. The quantitative estimate of drug-likeness (QED) is 0.0467. The average molecular weight is 614 g/mol. The number of Topliss-reactive ketones (excluding diaryl/α,β-unsaturated/α-hetero) is 1. The van der Waals surface area contributed by atoms with Crippen LogP contribution in [0.4, 0.5) is 5.69 Å². The van der Waals surface area contributed by atoms with E-state index in [1.807, 2.05) is 17.0 Å². The highest BCUT2D eigenvalue weighted by molar-refractivity contribution is 7.11. The maximum absolute atomic E-state index is 13.4. The molecule has 2 aromatic heterocycles. The van der Waals surface area contributed by atoms with Crippen molar-refractivity contribution >= 4 is 39.9 Å². The SMILES string of the molecule is O=C(/C(=C/c1ccc(-c2ccc([N+](=O)[O-])cc2)cc1)Oc1ccc2c(CN(CCO)CCO)cc(=O)oc2c1)c1nccs1. The Bertz CT molecular complexity index is 1840. The number of non-ortho nitro benzene ring substituents is 1. The van der Waals surface area contributed by atoms with Gasteiger partial charge in [0.15, 0.2) is 10.8 Å². The number of ether oxygens (including phenoxy) is 1. The van der Waals surface area contributed by atoms with Gasteiger partial charge in [-0.05, 0) is 52.6 Å². The van der Waals surface area contributed by atoms with Crippen molar-refractivity contribution in [1.29, 1.82) is 0 Å². The standard InChI is InChI=1S/C32H27N3O8S/c36-14-12-34(13-15-37)20-24-18-30(38)43-28-19-26(9-10-27(24)28)42-29(31(39)32-33-11-16-44-32)17-21-1-3-22(4-2-21)23-5-7-25(8-6-23)35(40)41/h1-11,16-19,36-37H,12-15,20H2/b29-17-. The Hall–Kier alpha value is -5.01. The number of hydrogen-bond donors (Lipinski definition) is 2. The molecule has 0 spiro atoms. The van der Waals surface area contributed by atoms with Gasteiger partial charge < -0.3 is 19.4 Å². The van der Waals surface area contributed by atoms with Gasteiger partial charge in [0.1, 0.15) is 11.3 Å². The number of nitrogens with zero attached hydrogens (tertiary/aromatic N) is 3. The first kappa shape index (κ1) is 30.4. The summed E-state index contributed by atoms with van der Waals surface area (Å²) in [6, 6.07) is 19.8. The van der Waals surface area contributed by atoms with Gasteiger partial charge in [0, 0.05) is 60.9 Å². The van der Waals surface area contributed by atoms with Crippen LogP contribution in [0.1, 0.15) is 20.9 Å². The van der Waals surface area contributed by atoms with Gasteiger partial charge >= 0.3 is 5.63 Å². The molecule has 0 amide bonds. The Labute approximate surface area is 255 Å².